The van der Waals surface area contributed by atoms with Crippen molar-refractivity contribution >= 4 is 0 Å². The van der Waals surface area contributed by atoms with Gasteiger partial charge in [-0.1, -0.05) is 24.3 Å². The maximum absolute atomic E-state index is 11.6. The molecule has 0 aliphatic heterocycles. The molecule has 3 nitrogen and oxygen atoms in total. The van der Waals surface area contributed by atoms with Crippen LogP contribution in [0.25, 0.3) is 0 Å². The number of benzene rings is 1. The number of aryl methyl sites for hydroxylation is 2. The summed E-state index contributed by atoms with van der Waals surface area (Å²) in [6.45, 7) is 3.43. The van der Waals surface area contributed by atoms with Gasteiger partial charge in [-0.2, -0.15) is 0 Å². The molecular formula is C16H19NO2. The third-order valence-electron chi connectivity index (χ3n) is 2.94. The highest BCUT2D eigenvalue weighted by Gasteiger charge is 1.97. The van der Waals surface area contributed by atoms with Gasteiger partial charge < -0.3 is 9.30 Å². The van der Waals surface area contributed by atoms with Crippen LogP contribution in [-0.4, -0.2) is 11.2 Å². The van der Waals surface area contributed by atoms with Crippen molar-refractivity contribution in [1.82, 2.24) is 4.57 Å². The highest BCUT2D eigenvalue weighted by atomic mass is 16.5. The normalized spacial score (nSPS) is 10.4. The average molecular weight is 257 g/mol. The monoisotopic (exact) mass is 257 g/mol. The zero-order chi connectivity index (χ0) is 13.5. The molecule has 0 radical (unpaired) electrons. The Morgan fingerprint density at radius 2 is 1.84 bits per heavy atom. The van der Waals surface area contributed by atoms with Crippen molar-refractivity contribution in [3.63, 3.8) is 0 Å². The first-order valence-corrected chi connectivity index (χ1v) is 6.60. The van der Waals surface area contributed by atoms with E-state index < -0.39 is 0 Å². The van der Waals surface area contributed by atoms with Crippen LogP contribution in [0.2, 0.25) is 0 Å². The van der Waals surface area contributed by atoms with Crippen LogP contribution in [0.15, 0.2) is 53.5 Å². The van der Waals surface area contributed by atoms with Crippen molar-refractivity contribution in [2.45, 2.75) is 26.3 Å². The van der Waals surface area contributed by atoms with Gasteiger partial charge in [0.05, 0.1) is 6.61 Å². The van der Waals surface area contributed by atoms with E-state index in [2.05, 4.69) is 0 Å². The van der Waals surface area contributed by atoms with Gasteiger partial charge in [-0.25, -0.2) is 0 Å². The van der Waals surface area contributed by atoms with Crippen molar-refractivity contribution < 1.29 is 4.74 Å². The van der Waals surface area contributed by atoms with E-state index in [0.717, 1.165) is 30.7 Å². The molecule has 3 heteroatoms. The van der Waals surface area contributed by atoms with Crippen LogP contribution in [0, 0.1) is 6.92 Å². The molecule has 1 heterocycles. The van der Waals surface area contributed by atoms with Crippen LogP contribution in [0.5, 0.6) is 5.75 Å². The number of rotatable bonds is 6. The molecule has 0 fully saturated rings. The van der Waals surface area contributed by atoms with E-state index >= 15 is 0 Å². The lowest BCUT2D eigenvalue weighted by Gasteiger charge is -2.08. The van der Waals surface area contributed by atoms with Crippen LogP contribution in [0.3, 0.4) is 0 Å². The number of hydrogen-bond donors (Lipinski definition) is 0. The Bertz CT molecular complexity index is 560. The largest absolute Gasteiger partial charge is 0.494 e. The minimum atomic E-state index is 0.0644. The second-order valence-electron chi connectivity index (χ2n) is 4.61. The molecule has 100 valence electrons. The summed E-state index contributed by atoms with van der Waals surface area (Å²) < 4.78 is 7.37. The number of nitrogens with zero attached hydrogens (tertiary/aromatic N) is 1. The first-order valence-electron chi connectivity index (χ1n) is 6.60. The number of unbranched alkanes of at least 4 members (excludes halogenated alkanes) is 1. The zero-order valence-corrected chi connectivity index (χ0v) is 11.2. The molecule has 0 atom stereocenters. The molecule has 0 saturated carbocycles. The minimum absolute atomic E-state index is 0.0644. The summed E-state index contributed by atoms with van der Waals surface area (Å²) in [6.07, 6.45) is 3.78. The fraction of sp³-hybridized carbons (Fsp3) is 0.312. The van der Waals surface area contributed by atoms with E-state index in [0.29, 0.717) is 6.61 Å². The molecule has 0 N–H and O–H groups in total. The summed E-state index contributed by atoms with van der Waals surface area (Å²) in [5.41, 5.74) is 1.18. The standard InChI is InChI=1S/C16H19NO2/c1-14-9-10-16(18)17(13-14)11-5-6-12-19-15-7-3-2-4-8-15/h2-4,7-10,13H,5-6,11-12H2,1H3. The number of ether oxygens (including phenoxy) is 1. The molecule has 0 aliphatic carbocycles. The summed E-state index contributed by atoms with van der Waals surface area (Å²) in [4.78, 5) is 11.6. The molecule has 0 saturated heterocycles. The number of hydrogen-bond acceptors (Lipinski definition) is 2. The number of pyridine rings is 1. The maximum atomic E-state index is 11.6. The summed E-state index contributed by atoms with van der Waals surface area (Å²) in [5.74, 6) is 0.898. The summed E-state index contributed by atoms with van der Waals surface area (Å²) in [7, 11) is 0. The second kappa shape index (κ2) is 6.78. The first kappa shape index (κ1) is 13.4. The number of aromatic nitrogens is 1. The summed E-state index contributed by atoms with van der Waals surface area (Å²) >= 11 is 0. The Labute approximate surface area is 113 Å². The van der Waals surface area contributed by atoms with Gasteiger partial charge in [0.15, 0.2) is 0 Å². The molecular weight excluding hydrogens is 238 g/mol. The highest BCUT2D eigenvalue weighted by Crippen LogP contribution is 2.08. The molecule has 0 amide bonds. The quantitative estimate of drug-likeness (QED) is 0.745. The molecule has 1 aromatic heterocycles. The first-order chi connectivity index (χ1) is 9.25. The van der Waals surface area contributed by atoms with E-state index in [-0.39, 0.29) is 5.56 Å². The van der Waals surface area contributed by atoms with Crippen molar-refractivity contribution in [3.05, 3.63) is 64.6 Å². The molecule has 0 unspecified atom stereocenters. The van der Waals surface area contributed by atoms with E-state index in [1.54, 1.807) is 10.6 Å². The predicted octanol–water partition coefficient (Wildman–Crippen LogP) is 3.02. The lowest BCUT2D eigenvalue weighted by Crippen LogP contribution is -2.18. The lowest BCUT2D eigenvalue weighted by molar-refractivity contribution is 0.303. The summed E-state index contributed by atoms with van der Waals surface area (Å²) in [5, 5.41) is 0. The molecule has 0 bridgehead atoms. The molecule has 0 spiro atoms. The Kier molecular flexibility index (Phi) is 4.78. The lowest BCUT2D eigenvalue weighted by atomic mass is 10.3. The SMILES string of the molecule is Cc1ccc(=O)n(CCCCOc2ccccc2)c1. The van der Waals surface area contributed by atoms with E-state index in [9.17, 15) is 4.79 Å². The Morgan fingerprint density at radius 1 is 1.05 bits per heavy atom. The Morgan fingerprint density at radius 3 is 2.63 bits per heavy atom. The molecule has 0 aliphatic rings. The van der Waals surface area contributed by atoms with Crippen LogP contribution < -0.4 is 10.3 Å². The van der Waals surface area contributed by atoms with Crippen molar-refractivity contribution in [1.29, 1.82) is 0 Å². The predicted molar refractivity (Wildman–Crippen MR) is 76.6 cm³/mol. The van der Waals surface area contributed by atoms with Gasteiger partial charge in [-0.05, 0) is 37.5 Å². The van der Waals surface area contributed by atoms with Gasteiger partial charge in [-0.15, -0.1) is 0 Å². The maximum Gasteiger partial charge on any atom is 0.250 e. The van der Waals surface area contributed by atoms with Gasteiger partial charge in [-0.3, -0.25) is 4.79 Å². The van der Waals surface area contributed by atoms with Gasteiger partial charge in [0.25, 0.3) is 5.56 Å². The number of para-hydroxylation sites is 1. The Balaban J connectivity index is 1.72. The summed E-state index contributed by atoms with van der Waals surface area (Å²) in [6, 6.07) is 13.3. The van der Waals surface area contributed by atoms with Crippen molar-refractivity contribution in [2.75, 3.05) is 6.61 Å². The van der Waals surface area contributed by atoms with Crippen molar-refractivity contribution in [3.8, 4) is 5.75 Å². The average Bonchev–Trinajstić information content (AvgIpc) is 2.43. The van der Waals surface area contributed by atoms with Crippen LogP contribution in [0.1, 0.15) is 18.4 Å². The fourth-order valence-electron chi connectivity index (χ4n) is 1.92. The third kappa shape index (κ3) is 4.28. The zero-order valence-electron chi connectivity index (χ0n) is 11.2. The third-order valence-corrected chi connectivity index (χ3v) is 2.94. The van der Waals surface area contributed by atoms with Gasteiger partial charge in [0.2, 0.25) is 0 Å². The fourth-order valence-corrected chi connectivity index (χ4v) is 1.92. The van der Waals surface area contributed by atoms with E-state index in [1.807, 2.05) is 49.5 Å². The van der Waals surface area contributed by atoms with Crippen LogP contribution >= 0.6 is 0 Å². The highest BCUT2D eigenvalue weighted by molar-refractivity contribution is 5.20. The van der Waals surface area contributed by atoms with E-state index in [1.165, 1.54) is 0 Å². The topological polar surface area (TPSA) is 31.2 Å². The second-order valence-corrected chi connectivity index (χ2v) is 4.61. The Hall–Kier alpha value is -2.03. The molecule has 2 rings (SSSR count). The molecule has 19 heavy (non-hydrogen) atoms. The smallest absolute Gasteiger partial charge is 0.250 e. The van der Waals surface area contributed by atoms with Crippen LogP contribution in [0.4, 0.5) is 0 Å². The van der Waals surface area contributed by atoms with Crippen LogP contribution in [-0.2, 0) is 6.54 Å². The van der Waals surface area contributed by atoms with E-state index in [4.69, 9.17) is 4.74 Å². The molecule has 2 aromatic rings. The molecule has 1 aromatic carbocycles. The van der Waals surface area contributed by atoms with Gasteiger partial charge in [0.1, 0.15) is 5.75 Å². The van der Waals surface area contributed by atoms with Crippen molar-refractivity contribution in [2.24, 2.45) is 0 Å². The van der Waals surface area contributed by atoms with Gasteiger partial charge in [0, 0.05) is 18.8 Å². The van der Waals surface area contributed by atoms with Gasteiger partial charge >= 0.3 is 0 Å². The minimum Gasteiger partial charge on any atom is -0.494 e.